The Bertz CT molecular complexity index is 367. The van der Waals surface area contributed by atoms with Gasteiger partial charge in [-0.3, -0.25) is 4.79 Å². The lowest BCUT2D eigenvalue weighted by Crippen LogP contribution is -2.14. The monoisotopic (exact) mass is 336 g/mol. The Morgan fingerprint density at radius 1 is 0.917 bits per heavy atom. The molecule has 0 fully saturated rings. The minimum atomic E-state index is -0.574. The van der Waals surface area contributed by atoms with Gasteiger partial charge in [-0.05, 0) is 45.4 Å². The highest BCUT2D eigenvalue weighted by molar-refractivity contribution is 5.69. The van der Waals surface area contributed by atoms with Gasteiger partial charge in [0.25, 0.3) is 0 Å². The number of hydrogen-bond acceptors (Lipinski definition) is 3. The molecule has 0 aromatic carbocycles. The number of carbonyl (C=O) groups is 1. The van der Waals surface area contributed by atoms with Crippen LogP contribution in [0.1, 0.15) is 78.1 Å². The first-order chi connectivity index (χ1) is 11.7. The van der Waals surface area contributed by atoms with Crippen LogP contribution < -0.4 is 0 Å². The predicted molar refractivity (Wildman–Crippen MR) is 102 cm³/mol. The summed E-state index contributed by atoms with van der Waals surface area (Å²) in [5.74, 6) is -0.197. The van der Waals surface area contributed by atoms with Gasteiger partial charge in [0.05, 0.1) is 6.10 Å². The molecule has 0 bridgehead atoms. The van der Waals surface area contributed by atoms with Gasteiger partial charge in [0.2, 0.25) is 0 Å². The molecule has 0 saturated carbocycles. The third-order valence-electron chi connectivity index (χ3n) is 3.52. The highest BCUT2D eigenvalue weighted by atomic mass is 16.5. The van der Waals surface area contributed by atoms with E-state index >= 15 is 0 Å². The van der Waals surface area contributed by atoms with Crippen molar-refractivity contribution in [2.24, 2.45) is 0 Å². The van der Waals surface area contributed by atoms with Gasteiger partial charge in [0.15, 0.2) is 0 Å². The molecule has 0 aromatic rings. The van der Waals surface area contributed by atoms with Crippen LogP contribution in [0.2, 0.25) is 0 Å². The molecule has 0 heterocycles. The molecule has 3 nitrogen and oxygen atoms in total. The molecule has 0 aliphatic heterocycles. The van der Waals surface area contributed by atoms with Crippen molar-refractivity contribution < 1.29 is 14.6 Å². The third kappa shape index (κ3) is 18.7. The van der Waals surface area contributed by atoms with Crippen molar-refractivity contribution in [1.82, 2.24) is 0 Å². The minimum Gasteiger partial charge on any atom is -0.463 e. The largest absolute Gasteiger partial charge is 0.463 e. The van der Waals surface area contributed by atoms with Gasteiger partial charge in [0, 0.05) is 6.42 Å². The molecule has 0 unspecified atom stereocenters. The lowest BCUT2D eigenvalue weighted by molar-refractivity contribution is -0.146. The normalized spacial score (nSPS) is 13.3. The molecule has 0 spiro atoms. The van der Waals surface area contributed by atoms with E-state index in [1.54, 1.807) is 6.92 Å². The lowest BCUT2D eigenvalue weighted by atomic mass is 10.1. The number of esters is 1. The van der Waals surface area contributed by atoms with E-state index in [2.05, 4.69) is 43.4 Å². The van der Waals surface area contributed by atoms with Crippen molar-refractivity contribution in [3.05, 3.63) is 36.5 Å². The SMILES string of the molecule is CC/C=C\C/C=C\C/C=C\CCCCCCCC(=O)OC[C@@H](C)O. The topological polar surface area (TPSA) is 46.5 Å². The molecule has 0 rings (SSSR count). The quantitative estimate of drug-likeness (QED) is 0.244. The smallest absolute Gasteiger partial charge is 0.305 e. The van der Waals surface area contributed by atoms with Crippen LogP contribution in [0.15, 0.2) is 36.5 Å². The molecule has 1 atom stereocenters. The van der Waals surface area contributed by atoms with Crippen LogP contribution in [-0.2, 0) is 9.53 Å². The molecule has 24 heavy (non-hydrogen) atoms. The molecular formula is C21H36O3. The number of hydrogen-bond donors (Lipinski definition) is 1. The highest BCUT2D eigenvalue weighted by Crippen LogP contribution is 2.08. The van der Waals surface area contributed by atoms with Crippen molar-refractivity contribution >= 4 is 5.97 Å². The fraction of sp³-hybridized carbons (Fsp3) is 0.667. The number of aliphatic hydroxyl groups is 1. The number of ether oxygens (including phenoxy) is 1. The van der Waals surface area contributed by atoms with Crippen LogP contribution in [0.5, 0.6) is 0 Å². The summed E-state index contributed by atoms with van der Waals surface area (Å²) in [6.45, 7) is 3.87. The van der Waals surface area contributed by atoms with E-state index in [4.69, 9.17) is 9.84 Å². The van der Waals surface area contributed by atoms with Gasteiger partial charge in [-0.2, -0.15) is 0 Å². The maximum atomic E-state index is 11.3. The van der Waals surface area contributed by atoms with Crippen molar-refractivity contribution in [2.45, 2.75) is 84.2 Å². The molecule has 0 aliphatic rings. The van der Waals surface area contributed by atoms with Gasteiger partial charge in [-0.15, -0.1) is 0 Å². The zero-order chi connectivity index (χ0) is 17.9. The number of unbranched alkanes of at least 4 members (excludes halogenated alkanes) is 5. The molecule has 0 radical (unpaired) electrons. The Morgan fingerprint density at radius 3 is 2.17 bits per heavy atom. The predicted octanol–water partition coefficient (Wildman–Crippen LogP) is 5.50. The van der Waals surface area contributed by atoms with Crippen LogP contribution >= 0.6 is 0 Å². The Labute approximate surface area is 148 Å². The van der Waals surface area contributed by atoms with Gasteiger partial charge >= 0.3 is 5.97 Å². The van der Waals surface area contributed by atoms with Crippen molar-refractivity contribution in [2.75, 3.05) is 6.61 Å². The highest BCUT2D eigenvalue weighted by Gasteiger charge is 2.04. The average Bonchev–Trinajstić information content (AvgIpc) is 2.56. The van der Waals surface area contributed by atoms with E-state index in [1.807, 2.05) is 0 Å². The minimum absolute atomic E-state index is 0.107. The molecule has 0 aliphatic carbocycles. The van der Waals surface area contributed by atoms with Crippen LogP contribution in [0, 0.1) is 0 Å². The summed E-state index contributed by atoms with van der Waals surface area (Å²) in [5.41, 5.74) is 0. The first-order valence-corrected chi connectivity index (χ1v) is 9.45. The molecular weight excluding hydrogens is 300 g/mol. The molecule has 3 heteroatoms. The fourth-order valence-corrected chi connectivity index (χ4v) is 2.17. The lowest BCUT2D eigenvalue weighted by Gasteiger charge is -2.06. The van der Waals surface area contributed by atoms with E-state index in [0.29, 0.717) is 6.42 Å². The van der Waals surface area contributed by atoms with E-state index < -0.39 is 6.10 Å². The second-order valence-electron chi connectivity index (χ2n) is 6.13. The van der Waals surface area contributed by atoms with Crippen LogP contribution in [0.4, 0.5) is 0 Å². The Kier molecular flexibility index (Phi) is 17.0. The van der Waals surface area contributed by atoms with Gasteiger partial charge in [-0.1, -0.05) is 62.6 Å². The summed E-state index contributed by atoms with van der Waals surface area (Å²) in [7, 11) is 0. The number of allylic oxidation sites excluding steroid dienone is 6. The summed E-state index contributed by atoms with van der Waals surface area (Å²) < 4.78 is 4.92. The van der Waals surface area contributed by atoms with Gasteiger partial charge in [0.1, 0.15) is 6.61 Å². The van der Waals surface area contributed by atoms with Crippen LogP contribution in [0.3, 0.4) is 0 Å². The average molecular weight is 337 g/mol. The van der Waals surface area contributed by atoms with Gasteiger partial charge < -0.3 is 9.84 Å². The molecule has 1 N–H and O–H groups in total. The standard InChI is InChI=1S/C21H36O3/c1-3-4-5-6-7-8-9-10-11-12-13-14-15-16-17-18-21(23)24-19-20(2)22/h4-5,7-8,10-11,20,22H,3,6,9,12-19H2,1-2H3/b5-4-,8-7-,11-10-/t20-/m1/s1. The Balaban J connectivity index is 3.31. The number of carbonyl (C=O) groups excluding carboxylic acids is 1. The zero-order valence-electron chi connectivity index (χ0n) is 15.6. The fourth-order valence-electron chi connectivity index (χ4n) is 2.17. The summed E-state index contributed by atoms with van der Waals surface area (Å²) in [6, 6.07) is 0. The van der Waals surface area contributed by atoms with Crippen molar-refractivity contribution in [3.63, 3.8) is 0 Å². The Morgan fingerprint density at radius 2 is 1.50 bits per heavy atom. The van der Waals surface area contributed by atoms with E-state index in [0.717, 1.165) is 38.5 Å². The van der Waals surface area contributed by atoms with E-state index in [9.17, 15) is 4.79 Å². The van der Waals surface area contributed by atoms with E-state index in [-0.39, 0.29) is 12.6 Å². The Hall–Kier alpha value is -1.35. The summed E-state index contributed by atoms with van der Waals surface area (Å²) in [5, 5.41) is 9.02. The van der Waals surface area contributed by atoms with Crippen LogP contribution in [-0.4, -0.2) is 23.8 Å². The second-order valence-corrected chi connectivity index (χ2v) is 6.13. The molecule has 0 aromatic heterocycles. The number of rotatable bonds is 15. The maximum Gasteiger partial charge on any atom is 0.305 e. The number of aliphatic hydroxyl groups excluding tert-OH is 1. The van der Waals surface area contributed by atoms with Crippen molar-refractivity contribution in [3.8, 4) is 0 Å². The van der Waals surface area contributed by atoms with Crippen molar-refractivity contribution in [1.29, 1.82) is 0 Å². The summed E-state index contributed by atoms with van der Waals surface area (Å²) >= 11 is 0. The summed E-state index contributed by atoms with van der Waals surface area (Å²) in [4.78, 5) is 11.3. The second kappa shape index (κ2) is 18.0. The molecule has 138 valence electrons. The maximum absolute atomic E-state index is 11.3. The first-order valence-electron chi connectivity index (χ1n) is 9.45. The zero-order valence-corrected chi connectivity index (χ0v) is 15.6. The summed E-state index contributed by atoms with van der Waals surface area (Å²) in [6.07, 6.45) is 23.1. The first kappa shape index (κ1) is 22.6. The van der Waals surface area contributed by atoms with Crippen LogP contribution in [0.25, 0.3) is 0 Å². The third-order valence-corrected chi connectivity index (χ3v) is 3.52. The molecule has 0 amide bonds. The molecule has 0 saturated heterocycles. The van der Waals surface area contributed by atoms with Gasteiger partial charge in [-0.25, -0.2) is 0 Å². The van der Waals surface area contributed by atoms with E-state index in [1.165, 1.54) is 19.3 Å².